The van der Waals surface area contributed by atoms with Crippen molar-refractivity contribution in [3.63, 3.8) is 0 Å². The first-order valence-electron chi connectivity index (χ1n) is 18.1. The van der Waals surface area contributed by atoms with Crippen molar-refractivity contribution in [3.8, 4) is 0 Å². The highest BCUT2D eigenvalue weighted by atomic mass is 32.2. The Morgan fingerprint density at radius 3 is 2.22 bits per heavy atom. The quantitative estimate of drug-likeness (QED) is 0.0712. The van der Waals surface area contributed by atoms with E-state index in [0.29, 0.717) is 19.5 Å². The molecule has 0 radical (unpaired) electrons. The second kappa shape index (κ2) is 16.5. The molecule has 0 saturated heterocycles. The fraction of sp³-hybridized carbons (Fsp3) is 0.341. The highest BCUT2D eigenvalue weighted by Gasteiger charge is 2.44. The molecule has 3 aromatic carbocycles. The number of methoxy groups -OCH3 is 2. The Labute approximate surface area is 320 Å². The molecule has 0 spiro atoms. The first-order valence-corrected chi connectivity index (χ1v) is 19.5. The van der Waals surface area contributed by atoms with Crippen LogP contribution in [0.3, 0.4) is 0 Å². The molecule has 0 aliphatic carbocycles. The van der Waals surface area contributed by atoms with E-state index < -0.39 is 15.5 Å². The molecule has 54 heavy (non-hydrogen) atoms. The molecule has 0 atom stereocenters. The SMILES string of the molecule is COC(=O)CCN1/C(=C/C=C/C(=C/C=C/C2=[N+](CCC(=O)OC)c3ccc(C)cc3C2(C)C)Cc2ccccc2)C(C)(C)c2cc(S(=O)(=O)OC)ccc21. The molecule has 0 saturated carbocycles. The molecule has 0 fully saturated rings. The summed E-state index contributed by atoms with van der Waals surface area (Å²) in [5.41, 5.74) is 8.48. The molecule has 0 aromatic heterocycles. The lowest BCUT2D eigenvalue weighted by atomic mass is 9.81. The first-order chi connectivity index (χ1) is 25.6. The molecule has 2 aliphatic rings. The smallest absolute Gasteiger partial charge is 0.311 e. The van der Waals surface area contributed by atoms with Crippen LogP contribution in [0.5, 0.6) is 0 Å². The third-order valence-corrected chi connectivity index (χ3v) is 11.6. The van der Waals surface area contributed by atoms with Gasteiger partial charge in [0.15, 0.2) is 12.3 Å². The van der Waals surface area contributed by atoms with E-state index in [1.165, 1.54) is 31.4 Å². The average molecular weight is 752 g/mol. The molecule has 0 amide bonds. The van der Waals surface area contributed by atoms with Gasteiger partial charge in [0.2, 0.25) is 5.69 Å². The third kappa shape index (κ3) is 8.50. The Bertz CT molecular complexity index is 2170. The predicted molar refractivity (Wildman–Crippen MR) is 213 cm³/mol. The number of carbonyl (C=O) groups is 2. The van der Waals surface area contributed by atoms with Crippen molar-refractivity contribution in [3.05, 3.63) is 137 Å². The third-order valence-electron chi connectivity index (χ3n) is 10.3. The summed E-state index contributed by atoms with van der Waals surface area (Å²) in [5, 5.41) is 0. The van der Waals surface area contributed by atoms with Crippen LogP contribution in [0.25, 0.3) is 0 Å². The van der Waals surface area contributed by atoms with Gasteiger partial charge in [-0.25, -0.2) is 0 Å². The van der Waals surface area contributed by atoms with Gasteiger partial charge in [0, 0.05) is 41.1 Å². The zero-order valence-electron chi connectivity index (χ0n) is 32.5. The minimum atomic E-state index is -3.91. The summed E-state index contributed by atoms with van der Waals surface area (Å²) in [6, 6.07) is 21.7. The number of hydrogen-bond donors (Lipinski definition) is 0. The van der Waals surface area contributed by atoms with Crippen LogP contribution >= 0.6 is 0 Å². The van der Waals surface area contributed by atoms with E-state index in [2.05, 4.69) is 84.9 Å². The Morgan fingerprint density at radius 1 is 0.833 bits per heavy atom. The van der Waals surface area contributed by atoms with Crippen LogP contribution < -0.4 is 4.90 Å². The molecule has 0 unspecified atom stereocenters. The number of carbonyl (C=O) groups excluding carboxylic acids is 2. The highest BCUT2D eigenvalue weighted by Crippen LogP contribution is 2.48. The van der Waals surface area contributed by atoms with Crippen molar-refractivity contribution in [1.82, 2.24) is 0 Å². The normalized spacial score (nSPS) is 17.1. The van der Waals surface area contributed by atoms with E-state index >= 15 is 0 Å². The lowest BCUT2D eigenvalue weighted by Gasteiger charge is -2.26. The maximum Gasteiger partial charge on any atom is 0.311 e. The van der Waals surface area contributed by atoms with Crippen molar-refractivity contribution in [1.29, 1.82) is 0 Å². The lowest BCUT2D eigenvalue weighted by Crippen LogP contribution is -2.28. The standard InChI is InChI=1S/C44H51N2O7S/c1-31-20-22-37-35(28-31)43(2,3)39(45(37)26-24-41(47)51-6)18-12-16-33(29-32-14-10-9-11-15-32)17-13-19-40-44(4,5)36-30-34(54(49,50)53-8)21-23-38(36)46(40)27-25-42(48)52-7/h9-23,28,30H,24-27,29H2,1-8H3/q+1. The zero-order valence-corrected chi connectivity index (χ0v) is 33.3. The summed E-state index contributed by atoms with van der Waals surface area (Å²) in [7, 11) is 0.0221. The average Bonchev–Trinajstić information content (AvgIpc) is 3.50. The van der Waals surface area contributed by atoms with Crippen LogP contribution in [0.15, 0.2) is 119 Å². The zero-order chi connectivity index (χ0) is 39.3. The molecule has 9 nitrogen and oxygen atoms in total. The van der Waals surface area contributed by atoms with Crippen LogP contribution in [-0.2, 0) is 50.6 Å². The van der Waals surface area contributed by atoms with Gasteiger partial charge in [0.1, 0.15) is 6.42 Å². The summed E-state index contributed by atoms with van der Waals surface area (Å²) >= 11 is 0. The molecule has 10 heteroatoms. The summed E-state index contributed by atoms with van der Waals surface area (Å²) in [5.74, 6) is -0.584. The number of aryl methyl sites for hydroxylation is 1. The summed E-state index contributed by atoms with van der Waals surface area (Å²) < 4.78 is 42.2. The Hall–Kier alpha value is -5.06. The largest absolute Gasteiger partial charge is 0.469 e. The van der Waals surface area contributed by atoms with Gasteiger partial charge >= 0.3 is 11.9 Å². The van der Waals surface area contributed by atoms with Gasteiger partial charge in [-0.2, -0.15) is 13.0 Å². The molecule has 284 valence electrons. The number of benzene rings is 3. The molecule has 2 aliphatic heterocycles. The fourth-order valence-electron chi connectivity index (χ4n) is 7.32. The number of nitrogens with zero attached hydrogens (tertiary/aromatic N) is 2. The second-order valence-corrected chi connectivity index (χ2v) is 16.3. The van der Waals surface area contributed by atoms with Crippen LogP contribution in [0.2, 0.25) is 0 Å². The van der Waals surface area contributed by atoms with E-state index in [-0.39, 0.29) is 35.1 Å². The summed E-state index contributed by atoms with van der Waals surface area (Å²) in [6.07, 6.45) is 13.6. The first kappa shape index (κ1) is 40.1. The highest BCUT2D eigenvalue weighted by molar-refractivity contribution is 7.86. The molecule has 2 heterocycles. The molecular weight excluding hydrogens is 701 g/mol. The van der Waals surface area contributed by atoms with Gasteiger partial charge in [-0.1, -0.05) is 80.1 Å². The number of ether oxygens (including phenoxy) is 2. The maximum atomic E-state index is 12.6. The van der Waals surface area contributed by atoms with Crippen molar-refractivity contribution < 1.29 is 36.2 Å². The topological polar surface area (TPSA) is 102 Å². The number of rotatable bonds is 14. The molecule has 5 rings (SSSR count). The minimum absolute atomic E-state index is 0.0757. The molecule has 0 bridgehead atoms. The van der Waals surface area contributed by atoms with Gasteiger partial charge in [0.05, 0.1) is 38.1 Å². The summed E-state index contributed by atoms with van der Waals surface area (Å²) in [6.45, 7) is 11.5. The van der Waals surface area contributed by atoms with Crippen molar-refractivity contribution in [2.75, 3.05) is 39.3 Å². The molecule has 0 N–H and O–H groups in total. The van der Waals surface area contributed by atoms with E-state index in [1.807, 2.05) is 44.2 Å². The molecular formula is C44H51N2O7S+. The van der Waals surface area contributed by atoms with E-state index in [4.69, 9.17) is 13.7 Å². The van der Waals surface area contributed by atoms with Gasteiger partial charge in [0.25, 0.3) is 10.1 Å². The van der Waals surface area contributed by atoms with Gasteiger partial charge in [-0.15, -0.1) is 0 Å². The number of fused-ring (bicyclic) bond motifs is 2. The second-order valence-electron chi connectivity index (χ2n) is 14.6. The number of allylic oxidation sites excluding steroid dienone is 8. The molecule has 3 aromatic rings. The number of anilines is 1. The van der Waals surface area contributed by atoms with Crippen molar-refractivity contribution in [2.45, 2.75) is 69.6 Å². The van der Waals surface area contributed by atoms with Crippen LogP contribution in [-0.4, -0.2) is 65.1 Å². The van der Waals surface area contributed by atoms with Crippen LogP contribution in [0.1, 0.15) is 62.8 Å². The Balaban J connectivity index is 1.54. The van der Waals surface area contributed by atoms with Crippen LogP contribution in [0, 0.1) is 6.92 Å². The predicted octanol–water partition coefficient (Wildman–Crippen LogP) is 7.80. The van der Waals surface area contributed by atoms with Crippen molar-refractivity contribution in [2.24, 2.45) is 0 Å². The Morgan fingerprint density at radius 2 is 1.54 bits per heavy atom. The van der Waals surface area contributed by atoms with Gasteiger partial charge in [-0.05, 0) is 74.2 Å². The fourth-order valence-corrected chi connectivity index (χ4v) is 8.01. The van der Waals surface area contributed by atoms with E-state index in [0.717, 1.165) is 46.6 Å². The number of hydrogen-bond acceptors (Lipinski definition) is 8. The number of esters is 2. The summed E-state index contributed by atoms with van der Waals surface area (Å²) in [4.78, 5) is 26.6. The minimum Gasteiger partial charge on any atom is -0.469 e. The maximum absolute atomic E-state index is 12.6. The lowest BCUT2D eigenvalue weighted by molar-refractivity contribution is -0.436. The monoisotopic (exact) mass is 751 g/mol. The van der Waals surface area contributed by atoms with Crippen molar-refractivity contribution >= 4 is 39.1 Å². The van der Waals surface area contributed by atoms with Crippen LogP contribution in [0.4, 0.5) is 11.4 Å². The Kier molecular flexibility index (Phi) is 12.3. The van der Waals surface area contributed by atoms with Gasteiger partial charge in [-0.3, -0.25) is 13.8 Å². The van der Waals surface area contributed by atoms with E-state index in [9.17, 15) is 18.0 Å². The van der Waals surface area contributed by atoms with E-state index in [1.54, 1.807) is 12.1 Å². The van der Waals surface area contributed by atoms with Gasteiger partial charge < -0.3 is 14.4 Å².